The van der Waals surface area contributed by atoms with Crippen molar-refractivity contribution in [3.63, 3.8) is 0 Å². The van der Waals surface area contributed by atoms with Gasteiger partial charge in [0.15, 0.2) is 5.82 Å². The summed E-state index contributed by atoms with van der Waals surface area (Å²) in [6.45, 7) is 3.78. The van der Waals surface area contributed by atoms with Crippen molar-refractivity contribution in [1.29, 1.82) is 0 Å². The molecule has 0 N–H and O–H groups in total. The van der Waals surface area contributed by atoms with Gasteiger partial charge >= 0.3 is 0 Å². The molecule has 6 nitrogen and oxygen atoms in total. The van der Waals surface area contributed by atoms with E-state index in [9.17, 15) is 0 Å². The highest BCUT2D eigenvalue weighted by molar-refractivity contribution is 6.30. The second-order valence-electron chi connectivity index (χ2n) is 7.09. The minimum absolute atomic E-state index is 0.0749. The fourth-order valence-electron chi connectivity index (χ4n) is 3.82. The van der Waals surface area contributed by atoms with Gasteiger partial charge in [-0.2, -0.15) is 4.98 Å². The summed E-state index contributed by atoms with van der Waals surface area (Å²) >= 11 is 6.13. The summed E-state index contributed by atoms with van der Waals surface area (Å²) in [5.41, 5.74) is 4.37. The maximum Gasteiger partial charge on any atom is 0.227 e. The summed E-state index contributed by atoms with van der Waals surface area (Å²) in [6.07, 6.45) is 2.76. The molecule has 0 fully saturated rings. The van der Waals surface area contributed by atoms with E-state index in [-0.39, 0.29) is 5.92 Å². The maximum absolute atomic E-state index is 6.13. The number of aromatic nitrogens is 5. The third-order valence-electron chi connectivity index (χ3n) is 5.10. The lowest BCUT2D eigenvalue weighted by Crippen LogP contribution is -2.09. The smallest absolute Gasteiger partial charge is 0.227 e. The quantitative estimate of drug-likeness (QED) is 0.496. The number of aryl methyl sites for hydroxylation is 2. The van der Waals surface area contributed by atoms with Crippen molar-refractivity contribution in [2.45, 2.75) is 26.2 Å². The molecule has 2 aromatic heterocycles. The van der Waals surface area contributed by atoms with Gasteiger partial charge in [-0.25, -0.2) is 0 Å². The zero-order chi connectivity index (χ0) is 20.0. The Bertz CT molecular complexity index is 1220. The van der Waals surface area contributed by atoms with Crippen LogP contribution in [0.2, 0.25) is 5.02 Å². The molecule has 1 aliphatic rings. The average Bonchev–Trinajstić information content (AvgIpc) is 3.27. The van der Waals surface area contributed by atoms with E-state index < -0.39 is 0 Å². The van der Waals surface area contributed by atoms with Crippen molar-refractivity contribution in [2.24, 2.45) is 0 Å². The number of rotatable bonds is 3. The Hall–Kier alpha value is -3.25. The molecule has 0 radical (unpaired) electrons. The summed E-state index contributed by atoms with van der Waals surface area (Å²) in [6, 6.07) is 16.2. The van der Waals surface area contributed by atoms with Crippen LogP contribution in [0.4, 0.5) is 0 Å². The lowest BCUT2D eigenvalue weighted by molar-refractivity contribution is 0.369. The van der Waals surface area contributed by atoms with Crippen LogP contribution in [0, 0.1) is 13.8 Å². The molecule has 1 atom stereocenters. The van der Waals surface area contributed by atoms with E-state index >= 15 is 0 Å². The fraction of sp³-hybridized carbons (Fsp3) is 0.182. The second-order valence-corrected chi connectivity index (χ2v) is 7.53. The first-order valence-electron chi connectivity index (χ1n) is 9.39. The van der Waals surface area contributed by atoms with Gasteiger partial charge in [-0.1, -0.05) is 53.2 Å². The number of hydrogen-bond acceptors (Lipinski definition) is 5. The molecule has 3 heterocycles. The van der Waals surface area contributed by atoms with E-state index in [2.05, 4.69) is 43.1 Å². The first-order chi connectivity index (χ1) is 14.1. The van der Waals surface area contributed by atoms with E-state index in [0.717, 1.165) is 34.0 Å². The molecular formula is C22H18ClN5O. The molecule has 29 heavy (non-hydrogen) atoms. The highest BCUT2D eigenvalue weighted by Gasteiger charge is 2.28. The van der Waals surface area contributed by atoms with Crippen LogP contribution in [0.5, 0.6) is 0 Å². The van der Waals surface area contributed by atoms with Crippen molar-refractivity contribution in [1.82, 2.24) is 24.9 Å². The molecule has 4 aromatic rings. The summed E-state index contributed by atoms with van der Waals surface area (Å²) in [5.74, 6) is 2.82. The third-order valence-corrected chi connectivity index (χ3v) is 5.36. The van der Waals surface area contributed by atoms with E-state index in [1.54, 1.807) is 0 Å². The summed E-state index contributed by atoms with van der Waals surface area (Å²) < 4.78 is 7.51. The largest absolute Gasteiger partial charge is 0.339 e. The molecule has 0 saturated heterocycles. The number of hydrogen-bond donors (Lipinski definition) is 0. The third kappa shape index (κ3) is 3.15. The standard InChI is InChI=1S/C22H18ClN5O/c1-13-24-21(29-27-13)12-16-11-19(15-7-9-17(23)10-8-15)18-5-3-4-6-20(18)28-14(2)25-26-22(16)28/h3-11,16H,12H2,1-2H3. The van der Waals surface area contributed by atoms with Gasteiger partial charge in [-0.3, -0.25) is 4.57 Å². The van der Waals surface area contributed by atoms with Crippen LogP contribution in [-0.2, 0) is 6.42 Å². The Kier molecular flexibility index (Phi) is 4.28. The van der Waals surface area contributed by atoms with Crippen LogP contribution >= 0.6 is 11.6 Å². The zero-order valence-electron chi connectivity index (χ0n) is 16.0. The van der Waals surface area contributed by atoms with Crippen molar-refractivity contribution in [2.75, 3.05) is 0 Å². The van der Waals surface area contributed by atoms with Crippen molar-refractivity contribution >= 4 is 17.2 Å². The lowest BCUT2D eigenvalue weighted by atomic mass is 9.93. The number of para-hydroxylation sites is 1. The Balaban J connectivity index is 1.73. The van der Waals surface area contributed by atoms with Crippen LogP contribution in [0.25, 0.3) is 11.3 Å². The van der Waals surface area contributed by atoms with Crippen LogP contribution in [0.15, 0.2) is 59.1 Å². The molecule has 144 valence electrons. The van der Waals surface area contributed by atoms with Gasteiger partial charge in [0, 0.05) is 22.9 Å². The van der Waals surface area contributed by atoms with Gasteiger partial charge in [-0.15, -0.1) is 10.2 Å². The zero-order valence-corrected chi connectivity index (χ0v) is 16.8. The molecule has 7 heteroatoms. The highest BCUT2D eigenvalue weighted by Crippen LogP contribution is 2.38. The van der Waals surface area contributed by atoms with E-state index in [1.165, 1.54) is 0 Å². The molecular weight excluding hydrogens is 386 g/mol. The molecule has 2 aromatic carbocycles. The van der Waals surface area contributed by atoms with E-state index in [4.69, 9.17) is 16.1 Å². The van der Waals surface area contributed by atoms with Gasteiger partial charge in [-0.05, 0) is 43.2 Å². The van der Waals surface area contributed by atoms with Gasteiger partial charge in [0.2, 0.25) is 5.89 Å². The Morgan fingerprint density at radius 3 is 2.59 bits per heavy atom. The Morgan fingerprint density at radius 2 is 1.83 bits per heavy atom. The van der Waals surface area contributed by atoms with Crippen molar-refractivity contribution in [3.8, 4) is 5.69 Å². The Morgan fingerprint density at radius 1 is 1.03 bits per heavy atom. The van der Waals surface area contributed by atoms with Gasteiger partial charge in [0.1, 0.15) is 11.6 Å². The molecule has 1 unspecified atom stereocenters. The maximum atomic E-state index is 6.13. The highest BCUT2D eigenvalue weighted by atomic mass is 35.5. The number of nitrogens with zero attached hydrogens (tertiary/aromatic N) is 5. The normalized spacial score (nSPS) is 15.4. The predicted octanol–water partition coefficient (Wildman–Crippen LogP) is 4.69. The number of benzene rings is 2. The predicted molar refractivity (Wildman–Crippen MR) is 110 cm³/mol. The van der Waals surface area contributed by atoms with Crippen LogP contribution in [0.3, 0.4) is 0 Å². The first-order valence-corrected chi connectivity index (χ1v) is 9.76. The summed E-state index contributed by atoms with van der Waals surface area (Å²) in [4.78, 5) is 4.39. The summed E-state index contributed by atoms with van der Waals surface area (Å²) in [7, 11) is 0. The Labute approximate surface area is 172 Å². The topological polar surface area (TPSA) is 69.6 Å². The van der Waals surface area contributed by atoms with E-state index in [1.807, 2.05) is 50.2 Å². The number of fused-ring (bicyclic) bond motifs is 3. The molecule has 0 spiro atoms. The second kappa shape index (κ2) is 6.97. The van der Waals surface area contributed by atoms with Crippen molar-refractivity contribution in [3.05, 3.63) is 94.1 Å². The SMILES string of the molecule is Cc1noc(CC2C=C(c3ccc(Cl)cc3)c3ccccc3-n3c(C)nnc32)n1. The first kappa shape index (κ1) is 17.8. The van der Waals surface area contributed by atoms with E-state index in [0.29, 0.717) is 23.2 Å². The monoisotopic (exact) mass is 403 g/mol. The van der Waals surface area contributed by atoms with Crippen LogP contribution < -0.4 is 0 Å². The van der Waals surface area contributed by atoms with Gasteiger partial charge in [0.05, 0.1) is 5.69 Å². The molecule has 0 amide bonds. The molecule has 0 saturated carbocycles. The molecule has 0 aliphatic carbocycles. The summed E-state index contributed by atoms with van der Waals surface area (Å²) in [5, 5.41) is 13.5. The molecule has 0 bridgehead atoms. The van der Waals surface area contributed by atoms with Gasteiger partial charge in [0.25, 0.3) is 0 Å². The number of halogens is 1. The average molecular weight is 404 g/mol. The minimum Gasteiger partial charge on any atom is -0.339 e. The van der Waals surface area contributed by atoms with Gasteiger partial charge < -0.3 is 4.52 Å². The van der Waals surface area contributed by atoms with Crippen LogP contribution in [-0.4, -0.2) is 24.9 Å². The lowest BCUT2D eigenvalue weighted by Gasteiger charge is -2.13. The minimum atomic E-state index is -0.0749. The van der Waals surface area contributed by atoms with Crippen molar-refractivity contribution < 1.29 is 4.52 Å². The molecule has 5 rings (SSSR count). The molecule has 1 aliphatic heterocycles. The van der Waals surface area contributed by atoms with Crippen LogP contribution in [0.1, 0.15) is 40.4 Å². The fourth-order valence-corrected chi connectivity index (χ4v) is 3.95. The number of allylic oxidation sites excluding steroid dienone is 1.